The van der Waals surface area contributed by atoms with Gasteiger partial charge in [0.2, 0.25) is 0 Å². The lowest BCUT2D eigenvalue weighted by Crippen LogP contribution is -2.59. The third kappa shape index (κ3) is 9.92. The average molecular weight is 666 g/mol. The zero-order valence-corrected chi connectivity index (χ0v) is 29.9. The molecule has 0 amide bonds. The van der Waals surface area contributed by atoms with E-state index in [1.54, 1.807) is 0 Å². The summed E-state index contributed by atoms with van der Waals surface area (Å²) in [5.74, 6) is 0.569. The van der Waals surface area contributed by atoms with Crippen molar-refractivity contribution < 1.29 is 33.7 Å². The predicted octanol–water partition coefficient (Wildman–Crippen LogP) is 5.01. The van der Waals surface area contributed by atoms with Gasteiger partial charge in [-0.3, -0.25) is 14.4 Å². The maximum atomic E-state index is 13.3. The van der Waals surface area contributed by atoms with E-state index < -0.39 is 0 Å². The molecule has 272 valence electrons. The Labute approximate surface area is 283 Å². The normalized spacial score (nSPS) is 33.4. The van der Waals surface area contributed by atoms with E-state index in [0.717, 1.165) is 51.4 Å². The number of rotatable bonds is 19. The van der Waals surface area contributed by atoms with E-state index in [0.29, 0.717) is 82.8 Å². The van der Waals surface area contributed by atoms with Gasteiger partial charge in [-0.15, -0.1) is 0 Å². The first-order valence-corrected chi connectivity index (χ1v) is 18.8. The van der Waals surface area contributed by atoms with E-state index in [4.69, 9.17) is 31.4 Å². The third-order valence-corrected chi connectivity index (χ3v) is 12.4. The van der Waals surface area contributed by atoms with Gasteiger partial charge in [0.1, 0.15) is 18.3 Å². The molecular weight excluding hydrogens is 598 g/mol. The van der Waals surface area contributed by atoms with Crippen molar-refractivity contribution in [1.29, 1.82) is 0 Å². The molecule has 3 saturated carbocycles. The van der Waals surface area contributed by atoms with E-state index in [2.05, 4.69) is 27.7 Å². The monoisotopic (exact) mass is 665 g/mol. The fourth-order valence-corrected chi connectivity index (χ4v) is 9.82. The van der Waals surface area contributed by atoms with Crippen LogP contribution in [0.5, 0.6) is 0 Å². The largest absolute Gasteiger partial charge is 0.462 e. The van der Waals surface area contributed by atoms with Crippen LogP contribution in [0.3, 0.4) is 0 Å². The van der Waals surface area contributed by atoms with Gasteiger partial charge in [0.25, 0.3) is 0 Å². The van der Waals surface area contributed by atoms with Gasteiger partial charge >= 0.3 is 17.9 Å². The average Bonchev–Trinajstić information content (AvgIpc) is 3.42. The fourth-order valence-electron chi connectivity index (χ4n) is 9.82. The molecule has 3 aliphatic rings. The Balaban J connectivity index is 2.00. The number of carbonyl (C=O) groups excluding carboxylic acids is 3. The van der Waals surface area contributed by atoms with Crippen LogP contribution in [0.1, 0.15) is 130 Å². The lowest BCUT2D eigenvalue weighted by atomic mass is 9.48. The number of aliphatic hydroxyl groups is 1. The van der Waals surface area contributed by atoms with Gasteiger partial charge in [0.05, 0.1) is 0 Å². The summed E-state index contributed by atoms with van der Waals surface area (Å²) in [6.45, 7) is 10.6. The molecule has 2 unspecified atom stereocenters. The summed E-state index contributed by atoms with van der Waals surface area (Å²) in [5, 5.41) is 9.64. The Morgan fingerprint density at radius 1 is 0.809 bits per heavy atom. The van der Waals surface area contributed by atoms with Crippen LogP contribution in [0.4, 0.5) is 0 Å². The van der Waals surface area contributed by atoms with E-state index >= 15 is 0 Å². The van der Waals surface area contributed by atoms with Gasteiger partial charge in [0.15, 0.2) is 0 Å². The highest BCUT2D eigenvalue weighted by Gasteiger charge is 2.64. The molecule has 0 aromatic carbocycles. The van der Waals surface area contributed by atoms with E-state index in [1.807, 2.05) is 0 Å². The van der Waals surface area contributed by atoms with Crippen LogP contribution in [0, 0.1) is 40.4 Å². The molecule has 0 saturated heterocycles. The van der Waals surface area contributed by atoms with E-state index in [1.165, 1.54) is 0 Å². The summed E-state index contributed by atoms with van der Waals surface area (Å²) >= 11 is 0. The summed E-state index contributed by atoms with van der Waals surface area (Å²) in [7, 11) is 0. The number of ether oxygens (including phenoxy) is 3. The molecule has 10 heteroatoms. The van der Waals surface area contributed by atoms with Gasteiger partial charge in [-0.1, -0.05) is 27.7 Å². The second kappa shape index (κ2) is 18.9. The van der Waals surface area contributed by atoms with Crippen molar-refractivity contribution in [1.82, 2.24) is 0 Å². The van der Waals surface area contributed by atoms with Crippen LogP contribution in [-0.4, -0.2) is 67.6 Å². The van der Waals surface area contributed by atoms with Crippen LogP contribution in [0.25, 0.3) is 0 Å². The molecule has 7 N–H and O–H groups in total. The van der Waals surface area contributed by atoms with Crippen molar-refractivity contribution in [3.05, 3.63) is 0 Å². The lowest BCUT2D eigenvalue weighted by molar-refractivity contribution is -0.200. The first-order valence-electron chi connectivity index (χ1n) is 18.8. The number of nitrogens with two attached hydrogens (primary N) is 3. The Kier molecular flexibility index (Phi) is 15.9. The highest BCUT2D eigenvalue weighted by Crippen LogP contribution is 2.66. The smallest absolute Gasteiger partial charge is 0.306 e. The van der Waals surface area contributed by atoms with Crippen molar-refractivity contribution in [3.63, 3.8) is 0 Å². The molecule has 10 nitrogen and oxygen atoms in total. The molecule has 0 aliphatic heterocycles. The summed E-state index contributed by atoms with van der Waals surface area (Å²) in [4.78, 5) is 38.9. The SMILES string of the molecule is CC[C@@H](OC(=O)CCCN)C1[C@@H](C2(C)CCC(OC(=O)CCCN)CC2)C[C@H](OC(=O)CCCN)[C@]2(C)C([C@H](C)CCCO)CC[C@@H]12. The van der Waals surface area contributed by atoms with Gasteiger partial charge in [-0.2, -0.15) is 0 Å². The first-order chi connectivity index (χ1) is 22.5. The number of hydrogen-bond donors (Lipinski definition) is 4. The Morgan fingerprint density at radius 3 is 1.94 bits per heavy atom. The zero-order valence-electron chi connectivity index (χ0n) is 29.9. The zero-order chi connectivity index (χ0) is 34.6. The number of aliphatic hydroxyl groups excluding tert-OH is 1. The molecule has 0 aromatic rings. The van der Waals surface area contributed by atoms with Gasteiger partial charge < -0.3 is 36.5 Å². The Morgan fingerprint density at radius 2 is 1.38 bits per heavy atom. The van der Waals surface area contributed by atoms with Gasteiger partial charge in [-0.05, 0) is 132 Å². The molecule has 0 radical (unpaired) electrons. The standard InChI is InChI=1S/C37H67N3O7/c1-5-30(46-33(43)12-7-21-39)35-28-15-14-27(25(2)10-9-23-41)37(28,4)31(47-34(44)13-8-22-40)24-29(35)36(3)18-16-26(17-19-36)45-32(42)11-6-20-38/h25-31,35,41H,5-24,38-40H2,1-4H3/t25-,26?,27?,28+,29+,30-,31+,35?,36?,37-/m1/s1. The van der Waals surface area contributed by atoms with Crippen LogP contribution in [-0.2, 0) is 28.6 Å². The molecule has 0 heterocycles. The summed E-state index contributed by atoms with van der Waals surface area (Å²) in [6.07, 6.45) is 10.6. The molecule has 3 aliphatic carbocycles. The molecule has 0 spiro atoms. The van der Waals surface area contributed by atoms with Gasteiger partial charge in [0, 0.05) is 37.2 Å². The van der Waals surface area contributed by atoms with Crippen LogP contribution >= 0.6 is 0 Å². The number of esters is 3. The quantitative estimate of drug-likeness (QED) is 0.108. The maximum Gasteiger partial charge on any atom is 0.306 e. The molecule has 3 fully saturated rings. The second-order valence-electron chi connectivity index (χ2n) is 15.4. The van der Waals surface area contributed by atoms with Crippen LogP contribution in [0.2, 0.25) is 0 Å². The van der Waals surface area contributed by atoms with E-state index in [9.17, 15) is 19.5 Å². The maximum absolute atomic E-state index is 13.3. The summed E-state index contributed by atoms with van der Waals surface area (Å²) in [5.41, 5.74) is 16.7. The summed E-state index contributed by atoms with van der Waals surface area (Å²) in [6, 6.07) is 0. The minimum Gasteiger partial charge on any atom is -0.462 e. The predicted molar refractivity (Wildman–Crippen MR) is 183 cm³/mol. The minimum atomic E-state index is -0.294. The molecule has 0 aromatic heterocycles. The van der Waals surface area contributed by atoms with Crippen molar-refractivity contribution in [3.8, 4) is 0 Å². The Bertz CT molecular complexity index is 987. The Hall–Kier alpha value is -1.75. The summed E-state index contributed by atoms with van der Waals surface area (Å²) < 4.78 is 18.8. The lowest BCUT2D eigenvalue weighted by Gasteiger charge is -2.59. The second-order valence-corrected chi connectivity index (χ2v) is 15.4. The molecule has 8 atom stereocenters. The fraction of sp³-hybridized carbons (Fsp3) is 0.919. The number of hydrogen-bond acceptors (Lipinski definition) is 10. The molecule has 3 rings (SSSR count). The minimum absolute atomic E-state index is 0.105. The highest BCUT2D eigenvalue weighted by molar-refractivity contribution is 5.70. The molecule has 47 heavy (non-hydrogen) atoms. The molecule has 0 bridgehead atoms. The topological polar surface area (TPSA) is 177 Å². The molecular formula is C37H67N3O7. The van der Waals surface area contributed by atoms with Crippen LogP contribution < -0.4 is 17.2 Å². The van der Waals surface area contributed by atoms with Crippen molar-refractivity contribution in [2.45, 2.75) is 149 Å². The third-order valence-electron chi connectivity index (χ3n) is 12.4. The first kappa shape index (κ1) is 39.7. The van der Waals surface area contributed by atoms with E-state index in [-0.39, 0.29) is 71.4 Å². The van der Waals surface area contributed by atoms with Crippen molar-refractivity contribution in [2.24, 2.45) is 57.6 Å². The number of carbonyl (C=O) groups is 3. The van der Waals surface area contributed by atoms with Crippen molar-refractivity contribution >= 4 is 17.9 Å². The van der Waals surface area contributed by atoms with Gasteiger partial charge in [-0.25, -0.2) is 0 Å². The van der Waals surface area contributed by atoms with Crippen molar-refractivity contribution in [2.75, 3.05) is 26.2 Å². The van der Waals surface area contributed by atoms with Crippen LogP contribution in [0.15, 0.2) is 0 Å². The number of fused-ring (bicyclic) bond motifs is 1. The highest BCUT2D eigenvalue weighted by atomic mass is 16.6.